The molecule has 0 saturated carbocycles. The van der Waals surface area contributed by atoms with Gasteiger partial charge in [-0.05, 0) is 31.5 Å². The third kappa shape index (κ3) is 6.87. The predicted octanol–water partition coefficient (Wildman–Crippen LogP) is 3.42. The summed E-state index contributed by atoms with van der Waals surface area (Å²) in [7, 11) is 1.47. The lowest BCUT2D eigenvalue weighted by Crippen LogP contribution is -2.00. The fraction of sp³-hybridized carbons (Fsp3) is 0.133. The van der Waals surface area contributed by atoms with Crippen LogP contribution in [0.25, 0.3) is 21.8 Å². The number of anilines is 1. The Bertz CT molecular complexity index is 1250. The Morgan fingerprint density at radius 1 is 1.07 bits per heavy atom. The van der Waals surface area contributed by atoms with Gasteiger partial charge in [-0.25, -0.2) is 23.4 Å². The van der Waals surface area contributed by atoms with E-state index in [2.05, 4.69) is 25.6 Å². The number of nitrogens with two attached hydrogens (primary N) is 1. The van der Waals surface area contributed by atoms with Gasteiger partial charge in [-0.15, -0.1) is 11.3 Å². The number of rotatable bonds is 3. The maximum absolute atomic E-state index is 11.6. The van der Waals surface area contributed by atoms with E-state index in [-0.39, 0.29) is 4.90 Å². The average Bonchev–Trinajstić information content (AvgIpc) is 2.99. The fourth-order valence-corrected chi connectivity index (χ4v) is 3.76. The molecule has 0 bridgehead atoms. The molecule has 2 heterocycles. The third-order valence-corrected chi connectivity index (χ3v) is 5.69. The molecule has 9 nitrogen and oxygen atoms in total. The number of hydrogen-bond acceptors (Lipinski definition) is 9. The number of aryl methyl sites for hydroxylation is 2. The zero-order valence-electron chi connectivity index (χ0n) is 14.9. The Kier molecular flexibility index (Phi) is 7.19. The van der Waals surface area contributed by atoms with Gasteiger partial charge in [-0.2, -0.15) is 8.42 Å². The second-order valence-corrected chi connectivity index (χ2v) is 11.4. The summed E-state index contributed by atoms with van der Waals surface area (Å²) in [4.78, 5) is 13.8. The molecule has 0 radical (unpaired) electrons. The smallest absolute Gasteiger partial charge is 0.353 e. The van der Waals surface area contributed by atoms with Crippen molar-refractivity contribution in [3.8, 4) is 21.8 Å². The van der Waals surface area contributed by atoms with Gasteiger partial charge >= 0.3 is 9.33 Å². The molecule has 3 N–H and O–H groups in total. The molecular formula is C15H14Cl2N4O5S3. The van der Waals surface area contributed by atoms with Gasteiger partial charge in [0.15, 0.2) is 5.82 Å². The number of nitrogens with zero attached hydrogens (tertiary/aromatic N) is 3. The fourth-order valence-electron chi connectivity index (χ4n) is 2.21. The molecule has 1 aromatic carbocycles. The highest BCUT2D eigenvalue weighted by atomic mass is 35.7. The molecule has 0 saturated heterocycles. The number of hydrogen-bond donors (Lipinski definition) is 2. The van der Waals surface area contributed by atoms with Gasteiger partial charge in [0.1, 0.15) is 5.69 Å². The minimum Gasteiger partial charge on any atom is -0.382 e. The van der Waals surface area contributed by atoms with Crippen LogP contribution >= 0.6 is 32.7 Å². The second-order valence-electron chi connectivity index (χ2n) is 5.56. The number of halogens is 2. The Morgan fingerprint density at radius 3 is 2.21 bits per heavy atom. The van der Waals surface area contributed by atoms with Crippen molar-refractivity contribution in [2.45, 2.75) is 18.7 Å². The first kappa shape index (κ1) is 23.4. The molecule has 2 aromatic heterocycles. The first-order chi connectivity index (χ1) is 13.3. The van der Waals surface area contributed by atoms with Gasteiger partial charge in [0.25, 0.3) is 9.05 Å². The normalized spacial score (nSPS) is 11.6. The van der Waals surface area contributed by atoms with Gasteiger partial charge in [0, 0.05) is 33.1 Å². The van der Waals surface area contributed by atoms with Crippen molar-refractivity contribution in [2.24, 2.45) is 0 Å². The summed E-state index contributed by atoms with van der Waals surface area (Å²) < 4.78 is 48.3. The molecule has 0 atom stereocenters. The highest BCUT2D eigenvalue weighted by Gasteiger charge is 2.16. The Labute approximate surface area is 180 Å². The van der Waals surface area contributed by atoms with E-state index in [9.17, 15) is 8.42 Å². The van der Waals surface area contributed by atoms with Crippen molar-refractivity contribution < 1.29 is 21.4 Å². The standard InChI is InChI=1S/C15H13ClN4O2S2.ClHO3S/c1-8-3-4-10(24(16,21)22)5-11(8)12-6-19-15(17)14(20-12)13-7-18-9(2)23-13;1-5(2,3)4/h3-7H,1-2H3,(H2,17,19);(H,2,3,4). The SMILES string of the molecule is Cc1ncc(-c2nc(-c3cc(S(=O)(=O)Cl)ccc3C)cnc2N)s1.O=S(=O)(O)Cl. The van der Waals surface area contributed by atoms with Crippen LogP contribution in [0.1, 0.15) is 10.6 Å². The number of aromatic nitrogens is 3. The summed E-state index contributed by atoms with van der Waals surface area (Å²) in [6, 6.07) is 4.62. The largest absolute Gasteiger partial charge is 0.382 e. The molecule has 3 aromatic rings. The van der Waals surface area contributed by atoms with Gasteiger partial charge in [-0.1, -0.05) is 6.07 Å². The van der Waals surface area contributed by atoms with Crippen molar-refractivity contribution in [1.29, 1.82) is 0 Å². The minimum atomic E-state index is -4.19. The summed E-state index contributed by atoms with van der Waals surface area (Å²) in [5.74, 6) is 0.293. The van der Waals surface area contributed by atoms with Crippen LogP contribution in [-0.4, -0.2) is 36.3 Å². The van der Waals surface area contributed by atoms with E-state index in [4.69, 9.17) is 29.4 Å². The maximum Gasteiger partial charge on any atom is 0.353 e. The van der Waals surface area contributed by atoms with Crippen LogP contribution in [-0.2, 0) is 18.4 Å². The van der Waals surface area contributed by atoms with Crippen LogP contribution in [0, 0.1) is 13.8 Å². The van der Waals surface area contributed by atoms with Gasteiger partial charge in [0.05, 0.1) is 26.7 Å². The van der Waals surface area contributed by atoms with Crippen molar-refractivity contribution >= 4 is 56.9 Å². The Balaban J connectivity index is 0.000000537. The monoisotopic (exact) mass is 496 g/mol. The van der Waals surface area contributed by atoms with E-state index in [1.54, 1.807) is 12.3 Å². The van der Waals surface area contributed by atoms with E-state index >= 15 is 0 Å². The summed E-state index contributed by atoms with van der Waals surface area (Å²) in [6.45, 7) is 3.75. The quantitative estimate of drug-likeness (QED) is 0.409. The summed E-state index contributed by atoms with van der Waals surface area (Å²) in [6.07, 6.45) is 3.20. The summed E-state index contributed by atoms with van der Waals surface area (Å²) in [5.41, 5.74) is 8.46. The van der Waals surface area contributed by atoms with E-state index in [1.807, 2.05) is 13.8 Å². The van der Waals surface area contributed by atoms with Crippen LogP contribution in [0.2, 0.25) is 0 Å². The maximum atomic E-state index is 11.6. The van der Waals surface area contributed by atoms with Crippen LogP contribution < -0.4 is 5.73 Å². The highest BCUT2D eigenvalue weighted by molar-refractivity contribution is 8.13. The molecule has 14 heteroatoms. The van der Waals surface area contributed by atoms with E-state index < -0.39 is 18.4 Å². The molecule has 0 spiro atoms. The third-order valence-electron chi connectivity index (χ3n) is 3.42. The van der Waals surface area contributed by atoms with Crippen molar-refractivity contribution in [1.82, 2.24) is 15.0 Å². The lowest BCUT2D eigenvalue weighted by molar-refractivity contribution is 0.501. The summed E-state index contributed by atoms with van der Waals surface area (Å²) in [5, 5.41) is 0.892. The zero-order valence-corrected chi connectivity index (χ0v) is 18.8. The van der Waals surface area contributed by atoms with Crippen molar-refractivity contribution in [3.63, 3.8) is 0 Å². The number of thiazole rings is 1. The van der Waals surface area contributed by atoms with E-state index in [1.165, 1.54) is 29.7 Å². The molecule has 29 heavy (non-hydrogen) atoms. The second kappa shape index (κ2) is 8.90. The van der Waals surface area contributed by atoms with Gasteiger partial charge < -0.3 is 5.73 Å². The van der Waals surface area contributed by atoms with Crippen LogP contribution in [0.4, 0.5) is 5.82 Å². The van der Waals surface area contributed by atoms with Crippen molar-refractivity contribution in [3.05, 3.63) is 41.2 Å². The molecule has 0 amide bonds. The van der Waals surface area contributed by atoms with E-state index in [0.29, 0.717) is 22.8 Å². The lowest BCUT2D eigenvalue weighted by Gasteiger charge is -2.09. The van der Waals surface area contributed by atoms with Crippen LogP contribution in [0.15, 0.2) is 35.5 Å². The lowest BCUT2D eigenvalue weighted by atomic mass is 10.1. The summed E-state index contributed by atoms with van der Waals surface area (Å²) >= 11 is 1.46. The topological polar surface area (TPSA) is 153 Å². The zero-order chi connectivity index (χ0) is 22.0. The highest BCUT2D eigenvalue weighted by Crippen LogP contribution is 2.32. The molecule has 0 unspecified atom stereocenters. The molecule has 3 rings (SSSR count). The van der Waals surface area contributed by atoms with Gasteiger partial charge in [-0.3, -0.25) is 4.55 Å². The van der Waals surface area contributed by atoms with Gasteiger partial charge in [0.2, 0.25) is 0 Å². The molecule has 0 aliphatic heterocycles. The van der Waals surface area contributed by atoms with Crippen molar-refractivity contribution in [2.75, 3.05) is 5.73 Å². The molecule has 0 aliphatic carbocycles. The first-order valence-electron chi connectivity index (χ1n) is 7.54. The number of benzene rings is 1. The van der Waals surface area contributed by atoms with Crippen LogP contribution in [0.5, 0.6) is 0 Å². The minimum absolute atomic E-state index is 0.0126. The Morgan fingerprint density at radius 2 is 1.69 bits per heavy atom. The first-order valence-corrected chi connectivity index (χ1v) is 12.9. The average molecular weight is 497 g/mol. The molecule has 0 aliphatic rings. The number of nitrogen functional groups attached to an aromatic ring is 1. The van der Waals surface area contributed by atoms with Crippen LogP contribution in [0.3, 0.4) is 0 Å². The molecular weight excluding hydrogens is 483 g/mol. The predicted molar refractivity (Wildman–Crippen MR) is 113 cm³/mol. The van der Waals surface area contributed by atoms with E-state index in [0.717, 1.165) is 15.4 Å². The molecule has 156 valence electrons. The Hall–Kier alpha value is -1.83. The molecule has 0 fully saturated rings.